The second kappa shape index (κ2) is 11.6. The molecule has 0 aliphatic carbocycles. The van der Waals surface area contributed by atoms with Crippen LogP contribution in [0, 0.1) is 0 Å². The average Bonchev–Trinajstić information content (AvgIpc) is 3.64. The normalized spacial score (nSPS) is 11.0. The summed E-state index contributed by atoms with van der Waals surface area (Å²) in [4.78, 5) is 22.2. The van der Waals surface area contributed by atoms with Crippen LogP contribution in [-0.4, -0.2) is 36.4 Å². The summed E-state index contributed by atoms with van der Waals surface area (Å²) in [7, 11) is 0. The highest BCUT2D eigenvalue weighted by atomic mass is 32.2. The first-order valence-electron chi connectivity index (χ1n) is 12.6. The van der Waals surface area contributed by atoms with Crippen LogP contribution in [0.1, 0.15) is 0 Å². The third kappa shape index (κ3) is 5.42. The fraction of sp³-hybridized carbons (Fsp3) is 0.0645. The number of benzene rings is 3. The Hall–Kier alpha value is -4.60. The van der Waals surface area contributed by atoms with Gasteiger partial charge in [-0.1, -0.05) is 96.7 Å². The lowest BCUT2D eigenvalue weighted by Crippen LogP contribution is -2.14. The zero-order chi connectivity index (χ0) is 27.3. The van der Waals surface area contributed by atoms with E-state index in [0.717, 1.165) is 39.0 Å². The van der Waals surface area contributed by atoms with E-state index in [1.165, 1.54) is 23.1 Å². The van der Waals surface area contributed by atoms with E-state index in [1.807, 2.05) is 94.9 Å². The molecule has 1 N–H and O–H groups in total. The minimum atomic E-state index is -0.158. The first-order chi connectivity index (χ1) is 19.7. The fourth-order valence-electron chi connectivity index (χ4n) is 4.36. The summed E-state index contributed by atoms with van der Waals surface area (Å²) in [5.74, 6) is 0.711. The number of fused-ring (bicyclic) bond motifs is 1. The Morgan fingerprint density at radius 1 is 0.900 bits per heavy atom. The largest absolute Gasteiger partial charge is 0.301 e. The molecule has 3 aromatic heterocycles. The minimum Gasteiger partial charge on any atom is -0.301 e. The lowest BCUT2D eigenvalue weighted by atomic mass is 10.0. The number of amides is 1. The van der Waals surface area contributed by atoms with Crippen LogP contribution < -0.4 is 5.32 Å². The van der Waals surface area contributed by atoms with Crippen molar-refractivity contribution in [1.29, 1.82) is 0 Å². The number of para-hydroxylation sites is 1. The van der Waals surface area contributed by atoms with Crippen molar-refractivity contribution in [2.45, 2.75) is 11.7 Å². The molecule has 0 fully saturated rings. The zero-order valence-electron chi connectivity index (χ0n) is 21.4. The van der Waals surface area contributed by atoms with Gasteiger partial charge in [0, 0.05) is 34.0 Å². The smallest absolute Gasteiger partial charge is 0.236 e. The lowest BCUT2D eigenvalue weighted by molar-refractivity contribution is -0.113. The number of pyridine rings is 1. The Morgan fingerprint density at radius 2 is 1.60 bits per heavy atom. The number of nitrogens with one attached hydrogen (secondary N) is 1. The van der Waals surface area contributed by atoms with Crippen molar-refractivity contribution < 1.29 is 4.79 Å². The van der Waals surface area contributed by atoms with Crippen molar-refractivity contribution in [3.05, 3.63) is 109 Å². The van der Waals surface area contributed by atoms with E-state index in [0.29, 0.717) is 22.7 Å². The van der Waals surface area contributed by atoms with Gasteiger partial charge in [-0.2, -0.15) is 0 Å². The van der Waals surface area contributed by atoms with Gasteiger partial charge in [-0.3, -0.25) is 9.36 Å². The molecule has 196 valence electrons. The Morgan fingerprint density at radius 3 is 2.35 bits per heavy atom. The third-order valence-corrected chi connectivity index (χ3v) is 7.93. The van der Waals surface area contributed by atoms with Gasteiger partial charge in [0.15, 0.2) is 16.1 Å². The summed E-state index contributed by atoms with van der Waals surface area (Å²) in [6, 6.07) is 30.0. The van der Waals surface area contributed by atoms with E-state index in [-0.39, 0.29) is 11.7 Å². The second-order valence-corrected chi connectivity index (χ2v) is 10.7. The highest BCUT2D eigenvalue weighted by Gasteiger charge is 2.19. The number of hydrogen-bond acceptors (Lipinski definition) is 7. The second-order valence-electron chi connectivity index (χ2n) is 8.88. The molecule has 0 radical (unpaired) electrons. The van der Waals surface area contributed by atoms with E-state index >= 15 is 0 Å². The highest BCUT2D eigenvalue weighted by Crippen LogP contribution is 2.33. The monoisotopic (exact) mass is 560 g/mol. The Kier molecular flexibility index (Phi) is 7.47. The summed E-state index contributed by atoms with van der Waals surface area (Å²) in [6.07, 6.45) is 1.80. The first kappa shape index (κ1) is 25.7. The number of nitrogens with zero attached hydrogens (tertiary/aromatic N) is 5. The average molecular weight is 561 g/mol. The quantitative estimate of drug-likeness (QED) is 0.149. The molecular formula is C31H24N6OS2. The first-order valence-corrected chi connectivity index (χ1v) is 14.5. The molecule has 0 aliphatic heterocycles. The van der Waals surface area contributed by atoms with E-state index < -0.39 is 0 Å². The number of carbonyl (C=O) groups is 1. The van der Waals surface area contributed by atoms with Crippen molar-refractivity contribution in [3.63, 3.8) is 0 Å². The molecule has 1 amide bonds. The molecular weight excluding hydrogens is 537 g/mol. The zero-order valence-corrected chi connectivity index (χ0v) is 23.0. The molecule has 6 aromatic rings. The molecule has 0 aliphatic rings. The number of rotatable bonds is 9. The molecule has 3 aromatic carbocycles. The van der Waals surface area contributed by atoms with Crippen molar-refractivity contribution in [1.82, 2.24) is 24.7 Å². The summed E-state index contributed by atoms with van der Waals surface area (Å²) >= 11 is 2.73. The maximum absolute atomic E-state index is 12.8. The van der Waals surface area contributed by atoms with Gasteiger partial charge in [0.2, 0.25) is 5.91 Å². The molecule has 9 heteroatoms. The van der Waals surface area contributed by atoms with Gasteiger partial charge in [-0.15, -0.1) is 28.1 Å². The Balaban J connectivity index is 1.25. The molecule has 0 atom stereocenters. The third-order valence-electron chi connectivity index (χ3n) is 6.21. The number of allylic oxidation sites excluding steroid dienone is 1. The summed E-state index contributed by atoms with van der Waals surface area (Å²) in [5, 5.41) is 16.0. The fourth-order valence-corrected chi connectivity index (χ4v) is 5.85. The Bertz CT molecular complexity index is 1800. The summed E-state index contributed by atoms with van der Waals surface area (Å²) in [5.41, 5.74) is 5.52. The van der Waals surface area contributed by atoms with E-state index in [9.17, 15) is 4.79 Å². The van der Waals surface area contributed by atoms with Crippen LogP contribution in [0.5, 0.6) is 0 Å². The van der Waals surface area contributed by atoms with Crippen LogP contribution in [0.2, 0.25) is 0 Å². The van der Waals surface area contributed by atoms with Gasteiger partial charge < -0.3 is 5.32 Å². The number of anilines is 1. The number of aromatic nitrogens is 5. The maximum atomic E-state index is 12.8. The lowest BCUT2D eigenvalue weighted by Gasteiger charge is -2.12. The van der Waals surface area contributed by atoms with Gasteiger partial charge in [-0.25, -0.2) is 9.97 Å². The molecule has 3 heterocycles. The van der Waals surface area contributed by atoms with Gasteiger partial charge in [0.1, 0.15) is 0 Å². The van der Waals surface area contributed by atoms with Crippen LogP contribution >= 0.6 is 23.1 Å². The van der Waals surface area contributed by atoms with Crippen molar-refractivity contribution in [2.75, 3.05) is 11.1 Å². The van der Waals surface area contributed by atoms with Crippen LogP contribution in [0.25, 0.3) is 44.8 Å². The van der Waals surface area contributed by atoms with E-state index in [4.69, 9.17) is 4.98 Å². The van der Waals surface area contributed by atoms with E-state index in [1.54, 1.807) is 6.08 Å². The minimum absolute atomic E-state index is 0.158. The molecule has 0 bridgehead atoms. The van der Waals surface area contributed by atoms with Crippen molar-refractivity contribution in [3.8, 4) is 33.9 Å². The van der Waals surface area contributed by atoms with Gasteiger partial charge in [0.05, 0.1) is 22.7 Å². The number of thioether (sulfide) groups is 1. The topological polar surface area (TPSA) is 85.6 Å². The molecule has 0 saturated heterocycles. The predicted octanol–water partition coefficient (Wildman–Crippen LogP) is 7.20. The molecule has 6 rings (SSSR count). The standard InChI is InChI=1S/C31H24N6OS2/c1-2-17-37-29(24-18-26(21-11-5-3-6-12-21)32-25-16-10-9-15-23(24)25)35-36-31(37)40-20-28(38)34-30-33-27(19-39-30)22-13-7-4-8-14-22/h2-16,18-19H,1,17,20H2,(H,33,34,38). The maximum Gasteiger partial charge on any atom is 0.236 e. The van der Waals surface area contributed by atoms with Crippen LogP contribution in [0.15, 0.2) is 114 Å². The van der Waals surface area contributed by atoms with Crippen LogP contribution in [0.4, 0.5) is 5.13 Å². The van der Waals surface area contributed by atoms with Gasteiger partial charge in [-0.05, 0) is 12.1 Å². The molecule has 0 unspecified atom stereocenters. The highest BCUT2D eigenvalue weighted by molar-refractivity contribution is 7.99. The summed E-state index contributed by atoms with van der Waals surface area (Å²) < 4.78 is 1.98. The van der Waals surface area contributed by atoms with Crippen molar-refractivity contribution >= 4 is 45.0 Å². The molecule has 7 nitrogen and oxygen atoms in total. The SMILES string of the molecule is C=CCn1c(SCC(=O)Nc2nc(-c3ccccc3)cs2)nnc1-c1cc(-c2ccccc2)nc2ccccc12. The van der Waals surface area contributed by atoms with Crippen molar-refractivity contribution in [2.24, 2.45) is 0 Å². The Labute approximate surface area is 239 Å². The number of carbonyl (C=O) groups excluding carboxylic acids is 1. The number of hydrogen-bond donors (Lipinski definition) is 1. The van der Waals surface area contributed by atoms with Gasteiger partial charge >= 0.3 is 0 Å². The van der Waals surface area contributed by atoms with Gasteiger partial charge in [0.25, 0.3) is 0 Å². The van der Waals surface area contributed by atoms with Crippen LogP contribution in [-0.2, 0) is 11.3 Å². The number of thiazole rings is 1. The molecule has 0 spiro atoms. The van der Waals surface area contributed by atoms with E-state index in [2.05, 4.69) is 33.1 Å². The molecule has 0 saturated carbocycles. The summed E-state index contributed by atoms with van der Waals surface area (Å²) in [6.45, 7) is 4.43. The van der Waals surface area contributed by atoms with Crippen LogP contribution in [0.3, 0.4) is 0 Å². The molecule has 40 heavy (non-hydrogen) atoms. The predicted molar refractivity (Wildman–Crippen MR) is 163 cm³/mol.